The molecule has 3 rings (SSSR count). The number of amides is 1. The third kappa shape index (κ3) is 4.93. The first kappa shape index (κ1) is 20.8. The summed E-state index contributed by atoms with van der Waals surface area (Å²) in [4.78, 5) is 12.8. The van der Waals surface area contributed by atoms with E-state index in [1.165, 1.54) is 4.31 Å². The number of hydrogen-bond acceptors (Lipinski definition) is 3. The summed E-state index contributed by atoms with van der Waals surface area (Å²) < 4.78 is 27.1. The van der Waals surface area contributed by atoms with Crippen LogP contribution in [0.15, 0.2) is 42.5 Å². The largest absolute Gasteiger partial charge is 0.326 e. The number of rotatable bonds is 5. The monoisotopic (exact) mass is 420 g/mol. The lowest BCUT2D eigenvalue weighted by Gasteiger charge is -2.31. The maximum Gasteiger partial charge on any atom is 0.228 e. The first-order valence-electron chi connectivity index (χ1n) is 9.35. The van der Waals surface area contributed by atoms with Gasteiger partial charge in [-0.25, -0.2) is 12.7 Å². The van der Waals surface area contributed by atoms with Crippen molar-refractivity contribution in [1.29, 1.82) is 0 Å². The van der Waals surface area contributed by atoms with Gasteiger partial charge in [-0.15, -0.1) is 0 Å². The highest BCUT2D eigenvalue weighted by atomic mass is 35.5. The lowest BCUT2D eigenvalue weighted by molar-refractivity contribution is -0.120. The van der Waals surface area contributed by atoms with Gasteiger partial charge in [0, 0.05) is 23.8 Å². The van der Waals surface area contributed by atoms with Crippen LogP contribution in [0, 0.1) is 19.8 Å². The number of hydrogen-bond donors (Lipinski definition) is 1. The van der Waals surface area contributed by atoms with Crippen molar-refractivity contribution >= 4 is 33.2 Å². The minimum Gasteiger partial charge on any atom is -0.326 e. The Balaban J connectivity index is 1.68. The molecule has 0 radical (unpaired) electrons. The Morgan fingerprint density at radius 1 is 1.18 bits per heavy atom. The summed E-state index contributed by atoms with van der Waals surface area (Å²) >= 11 is 5.87. The second kappa shape index (κ2) is 8.64. The van der Waals surface area contributed by atoms with Crippen LogP contribution in [0.4, 0.5) is 5.69 Å². The van der Waals surface area contributed by atoms with E-state index in [9.17, 15) is 13.2 Å². The molecule has 5 nitrogen and oxygen atoms in total. The van der Waals surface area contributed by atoms with Gasteiger partial charge >= 0.3 is 0 Å². The van der Waals surface area contributed by atoms with Crippen LogP contribution < -0.4 is 5.32 Å². The van der Waals surface area contributed by atoms with E-state index >= 15 is 0 Å². The van der Waals surface area contributed by atoms with E-state index in [1.807, 2.05) is 32.0 Å². The van der Waals surface area contributed by atoms with E-state index in [-0.39, 0.29) is 24.1 Å². The molecule has 0 aromatic heterocycles. The Labute approximate surface area is 171 Å². The van der Waals surface area contributed by atoms with E-state index in [0.717, 1.165) is 16.8 Å². The average Bonchev–Trinajstić information content (AvgIpc) is 2.67. The second-order valence-corrected chi connectivity index (χ2v) is 9.72. The normalized spacial score (nSPS) is 18.0. The standard InChI is InChI=1S/C21H25ClN2O3S/c1-15-5-3-7-20(16(15)2)23-21(25)18-6-4-12-24(13-18)28(26,27)14-17-8-10-19(22)11-9-17/h3,5,7-11,18H,4,6,12-14H2,1-2H3,(H,23,25). The number of nitrogens with zero attached hydrogens (tertiary/aromatic N) is 1. The van der Waals surface area contributed by atoms with Gasteiger partial charge < -0.3 is 5.32 Å². The quantitative estimate of drug-likeness (QED) is 0.790. The molecular weight excluding hydrogens is 396 g/mol. The van der Waals surface area contributed by atoms with Gasteiger partial charge in [0.2, 0.25) is 15.9 Å². The van der Waals surface area contributed by atoms with Crippen molar-refractivity contribution in [2.75, 3.05) is 18.4 Å². The number of aryl methyl sites for hydroxylation is 1. The first-order chi connectivity index (χ1) is 13.3. The number of nitrogens with one attached hydrogen (secondary N) is 1. The maximum absolute atomic E-state index is 12.8. The lowest BCUT2D eigenvalue weighted by Crippen LogP contribution is -2.44. The predicted molar refractivity (Wildman–Crippen MR) is 113 cm³/mol. The van der Waals surface area contributed by atoms with Gasteiger partial charge in [0.1, 0.15) is 0 Å². The third-order valence-corrected chi connectivity index (χ3v) is 7.34. The molecule has 1 N–H and O–H groups in total. The Morgan fingerprint density at radius 3 is 2.61 bits per heavy atom. The lowest BCUT2D eigenvalue weighted by atomic mass is 9.98. The van der Waals surface area contributed by atoms with Crippen LogP contribution in [0.3, 0.4) is 0 Å². The number of anilines is 1. The van der Waals surface area contributed by atoms with Gasteiger partial charge in [-0.2, -0.15) is 0 Å². The van der Waals surface area contributed by atoms with Crippen LogP contribution in [-0.4, -0.2) is 31.7 Å². The number of halogens is 1. The summed E-state index contributed by atoms with van der Waals surface area (Å²) in [5, 5.41) is 3.55. The van der Waals surface area contributed by atoms with Crippen molar-refractivity contribution in [2.45, 2.75) is 32.4 Å². The first-order valence-corrected chi connectivity index (χ1v) is 11.3. The number of carbonyl (C=O) groups is 1. The SMILES string of the molecule is Cc1cccc(NC(=O)C2CCCN(S(=O)(=O)Cc3ccc(Cl)cc3)C2)c1C. The molecule has 1 fully saturated rings. The van der Waals surface area contributed by atoms with E-state index in [1.54, 1.807) is 24.3 Å². The Hall–Kier alpha value is -1.89. The maximum atomic E-state index is 12.8. The fourth-order valence-electron chi connectivity index (χ4n) is 3.41. The molecule has 28 heavy (non-hydrogen) atoms. The highest BCUT2D eigenvalue weighted by molar-refractivity contribution is 7.88. The molecule has 7 heteroatoms. The van der Waals surface area contributed by atoms with E-state index in [2.05, 4.69) is 5.32 Å². The minimum atomic E-state index is -3.49. The predicted octanol–water partition coefficient (Wildman–Crippen LogP) is 4.14. The van der Waals surface area contributed by atoms with Crippen LogP contribution in [0.2, 0.25) is 5.02 Å². The molecule has 1 aliphatic heterocycles. The summed E-state index contributed by atoms with van der Waals surface area (Å²) in [5.41, 5.74) is 3.60. The van der Waals surface area contributed by atoms with Gasteiger partial charge in [-0.3, -0.25) is 4.79 Å². The molecule has 1 unspecified atom stereocenters. The highest BCUT2D eigenvalue weighted by Crippen LogP contribution is 2.25. The summed E-state index contributed by atoms with van der Waals surface area (Å²) in [6.45, 7) is 4.63. The third-order valence-electron chi connectivity index (χ3n) is 5.27. The average molecular weight is 421 g/mol. The van der Waals surface area contributed by atoms with E-state index in [4.69, 9.17) is 11.6 Å². The molecule has 0 aliphatic carbocycles. The molecule has 0 saturated carbocycles. The number of carbonyl (C=O) groups excluding carboxylic acids is 1. The fraction of sp³-hybridized carbons (Fsp3) is 0.381. The smallest absolute Gasteiger partial charge is 0.228 e. The highest BCUT2D eigenvalue weighted by Gasteiger charge is 2.32. The number of sulfonamides is 1. The van der Waals surface area contributed by atoms with Crippen LogP contribution >= 0.6 is 11.6 Å². The molecule has 0 spiro atoms. The molecule has 150 valence electrons. The Morgan fingerprint density at radius 2 is 1.89 bits per heavy atom. The van der Waals surface area contributed by atoms with Gasteiger partial charge in [-0.1, -0.05) is 35.9 Å². The van der Waals surface area contributed by atoms with Crippen molar-refractivity contribution in [3.63, 3.8) is 0 Å². The summed E-state index contributed by atoms with van der Waals surface area (Å²) in [7, 11) is -3.49. The zero-order chi connectivity index (χ0) is 20.3. The van der Waals surface area contributed by atoms with Crippen molar-refractivity contribution in [1.82, 2.24) is 4.31 Å². The molecular formula is C21H25ClN2O3S. The van der Waals surface area contributed by atoms with Crippen molar-refractivity contribution in [2.24, 2.45) is 5.92 Å². The van der Waals surface area contributed by atoms with Gasteiger partial charge in [0.15, 0.2) is 0 Å². The molecule has 2 aromatic carbocycles. The molecule has 2 aromatic rings. The zero-order valence-corrected chi connectivity index (χ0v) is 17.7. The van der Waals surface area contributed by atoms with Gasteiger partial charge in [0.25, 0.3) is 0 Å². The van der Waals surface area contributed by atoms with Crippen LogP contribution in [0.25, 0.3) is 0 Å². The Bertz CT molecular complexity index is 958. The number of benzene rings is 2. The topological polar surface area (TPSA) is 66.5 Å². The summed E-state index contributed by atoms with van der Waals surface area (Å²) in [6, 6.07) is 12.6. The zero-order valence-electron chi connectivity index (χ0n) is 16.1. The van der Waals surface area contributed by atoms with Crippen LogP contribution in [-0.2, 0) is 20.6 Å². The molecule has 1 amide bonds. The minimum absolute atomic E-state index is 0.0878. The van der Waals surface area contributed by atoms with E-state index < -0.39 is 10.0 Å². The molecule has 1 heterocycles. The molecule has 1 atom stereocenters. The second-order valence-electron chi connectivity index (χ2n) is 7.32. The fourth-order valence-corrected chi connectivity index (χ4v) is 5.15. The summed E-state index contributed by atoms with van der Waals surface area (Å²) in [5.74, 6) is -0.566. The molecule has 1 aliphatic rings. The van der Waals surface area contributed by atoms with Gasteiger partial charge in [0.05, 0.1) is 11.7 Å². The number of piperidine rings is 1. The van der Waals surface area contributed by atoms with E-state index in [0.29, 0.717) is 30.0 Å². The van der Waals surface area contributed by atoms with Gasteiger partial charge in [-0.05, 0) is 61.6 Å². The van der Waals surface area contributed by atoms with Crippen LogP contribution in [0.5, 0.6) is 0 Å². The van der Waals surface area contributed by atoms with Crippen LogP contribution in [0.1, 0.15) is 29.5 Å². The molecule has 1 saturated heterocycles. The molecule has 0 bridgehead atoms. The van der Waals surface area contributed by atoms with Crippen molar-refractivity contribution < 1.29 is 13.2 Å². The van der Waals surface area contributed by atoms with Crippen molar-refractivity contribution in [3.05, 3.63) is 64.2 Å². The summed E-state index contributed by atoms with van der Waals surface area (Å²) in [6.07, 6.45) is 1.36. The van der Waals surface area contributed by atoms with Crippen molar-refractivity contribution in [3.8, 4) is 0 Å². The Kier molecular flexibility index (Phi) is 6.43.